The van der Waals surface area contributed by atoms with E-state index < -0.39 is 0 Å². The van der Waals surface area contributed by atoms with Gasteiger partial charge >= 0.3 is 0 Å². The molecule has 3 aromatic rings. The number of rotatable bonds is 6. The van der Waals surface area contributed by atoms with E-state index in [1.807, 2.05) is 39.0 Å². The maximum absolute atomic E-state index is 12.6. The molecular formula is C24H24N2O3. The van der Waals surface area contributed by atoms with Crippen LogP contribution in [0.15, 0.2) is 66.7 Å². The Labute approximate surface area is 170 Å². The molecule has 148 valence electrons. The molecule has 0 bridgehead atoms. The lowest BCUT2D eigenvalue weighted by molar-refractivity contribution is 0.102. The predicted molar refractivity (Wildman–Crippen MR) is 116 cm³/mol. The summed E-state index contributed by atoms with van der Waals surface area (Å²) >= 11 is 0. The summed E-state index contributed by atoms with van der Waals surface area (Å²) in [6, 6.07) is 19.6. The van der Waals surface area contributed by atoms with Crippen molar-refractivity contribution in [2.45, 2.75) is 20.8 Å². The van der Waals surface area contributed by atoms with Gasteiger partial charge in [0, 0.05) is 22.5 Å². The van der Waals surface area contributed by atoms with Gasteiger partial charge < -0.3 is 15.4 Å². The summed E-state index contributed by atoms with van der Waals surface area (Å²) in [6.07, 6.45) is 0. The van der Waals surface area contributed by atoms with Crippen molar-refractivity contribution in [3.63, 3.8) is 0 Å². The minimum Gasteiger partial charge on any atom is -0.494 e. The van der Waals surface area contributed by atoms with Crippen LogP contribution in [0.25, 0.3) is 0 Å². The molecule has 0 saturated heterocycles. The third kappa shape index (κ3) is 5.23. The van der Waals surface area contributed by atoms with Gasteiger partial charge in [-0.25, -0.2) is 0 Å². The lowest BCUT2D eigenvalue weighted by atomic mass is 10.1. The Morgan fingerprint density at radius 1 is 0.828 bits per heavy atom. The summed E-state index contributed by atoms with van der Waals surface area (Å²) < 4.78 is 5.40. The molecule has 0 saturated carbocycles. The van der Waals surface area contributed by atoms with E-state index in [4.69, 9.17) is 4.74 Å². The lowest BCUT2D eigenvalue weighted by Gasteiger charge is -2.10. The number of nitrogens with one attached hydrogen (secondary N) is 2. The SMILES string of the molecule is CCOc1ccc(NC(=O)c2cccc(C(=O)Nc3ccc(C)cc3C)c2)cc1. The molecule has 2 N–H and O–H groups in total. The van der Waals surface area contributed by atoms with Crippen LogP contribution >= 0.6 is 0 Å². The van der Waals surface area contributed by atoms with Crippen LogP contribution in [-0.4, -0.2) is 18.4 Å². The molecule has 29 heavy (non-hydrogen) atoms. The van der Waals surface area contributed by atoms with Gasteiger partial charge in [-0.15, -0.1) is 0 Å². The van der Waals surface area contributed by atoms with Gasteiger partial charge in [0.05, 0.1) is 6.61 Å². The standard InChI is InChI=1S/C24H24N2O3/c1-4-29-21-11-9-20(10-12-21)25-23(27)18-6-5-7-19(15-18)24(28)26-22-13-8-16(2)14-17(22)3/h5-15H,4H2,1-3H3,(H,25,27)(H,26,28). The number of hydrogen-bond acceptors (Lipinski definition) is 3. The highest BCUT2D eigenvalue weighted by Gasteiger charge is 2.12. The van der Waals surface area contributed by atoms with Gasteiger partial charge in [-0.2, -0.15) is 0 Å². The predicted octanol–water partition coefficient (Wildman–Crippen LogP) is 5.21. The van der Waals surface area contributed by atoms with Crippen molar-refractivity contribution in [1.82, 2.24) is 0 Å². The zero-order valence-electron chi connectivity index (χ0n) is 16.8. The molecule has 5 heteroatoms. The normalized spacial score (nSPS) is 10.3. The van der Waals surface area contributed by atoms with E-state index in [1.54, 1.807) is 48.5 Å². The van der Waals surface area contributed by atoms with Gasteiger partial charge in [0.1, 0.15) is 5.75 Å². The number of hydrogen-bond donors (Lipinski definition) is 2. The average Bonchev–Trinajstić information content (AvgIpc) is 2.72. The van der Waals surface area contributed by atoms with E-state index in [-0.39, 0.29) is 11.8 Å². The van der Waals surface area contributed by atoms with Gasteiger partial charge in [-0.1, -0.05) is 23.8 Å². The van der Waals surface area contributed by atoms with E-state index in [1.165, 1.54) is 0 Å². The molecule has 0 aliphatic heterocycles. The van der Waals surface area contributed by atoms with Gasteiger partial charge in [0.15, 0.2) is 0 Å². The molecule has 0 unspecified atom stereocenters. The molecule has 0 aliphatic rings. The van der Waals surface area contributed by atoms with Crippen molar-refractivity contribution in [1.29, 1.82) is 0 Å². The number of benzene rings is 3. The van der Waals surface area contributed by atoms with E-state index in [0.29, 0.717) is 23.4 Å². The first kappa shape index (κ1) is 20.1. The summed E-state index contributed by atoms with van der Waals surface area (Å²) in [6.45, 7) is 6.45. The summed E-state index contributed by atoms with van der Waals surface area (Å²) in [5, 5.41) is 5.74. The minimum absolute atomic E-state index is 0.257. The molecule has 0 radical (unpaired) electrons. The highest BCUT2D eigenvalue weighted by Crippen LogP contribution is 2.19. The summed E-state index contributed by atoms with van der Waals surface area (Å²) in [7, 11) is 0. The Morgan fingerprint density at radius 2 is 1.48 bits per heavy atom. The highest BCUT2D eigenvalue weighted by molar-refractivity contribution is 6.08. The number of ether oxygens (including phenoxy) is 1. The topological polar surface area (TPSA) is 67.4 Å². The monoisotopic (exact) mass is 388 g/mol. The molecule has 0 heterocycles. The second-order valence-electron chi connectivity index (χ2n) is 6.76. The first-order valence-electron chi connectivity index (χ1n) is 9.49. The van der Waals surface area contributed by atoms with Crippen LogP contribution in [0.5, 0.6) is 5.75 Å². The third-order valence-corrected chi connectivity index (χ3v) is 4.44. The van der Waals surface area contributed by atoms with E-state index in [0.717, 1.165) is 22.6 Å². The molecule has 0 fully saturated rings. The molecule has 0 spiro atoms. The Morgan fingerprint density at radius 3 is 2.10 bits per heavy atom. The van der Waals surface area contributed by atoms with Crippen molar-refractivity contribution in [3.8, 4) is 5.75 Å². The highest BCUT2D eigenvalue weighted by atomic mass is 16.5. The fourth-order valence-corrected chi connectivity index (χ4v) is 2.95. The molecule has 0 atom stereocenters. The van der Waals surface area contributed by atoms with Crippen LogP contribution in [0, 0.1) is 13.8 Å². The number of carbonyl (C=O) groups excluding carboxylic acids is 2. The van der Waals surface area contributed by atoms with Crippen LogP contribution in [0.3, 0.4) is 0 Å². The van der Waals surface area contributed by atoms with Gasteiger partial charge in [0.2, 0.25) is 0 Å². The van der Waals surface area contributed by atoms with Crippen molar-refractivity contribution >= 4 is 23.2 Å². The number of aryl methyl sites for hydroxylation is 2. The second kappa shape index (κ2) is 9.06. The average molecular weight is 388 g/mol. The Hall–Kier alpha value is -3.60. The molecule has 0 aromatic heterocycles. The first-order valence-corrected chi connectivity index (χ1v) is 9.49. The number of carbonyl (C=O) groups is 2. The van der Waals surface area contributed by atoms with Crippen LogP contribution < -0.4 is 15.4 Å². The van der Waals surface area contributed by atoms with Gasteiger partial charge in [-0.05, 0) is 74.9 Å². The zero-order chi connectivity index (χ0) is 20.8. The smallest absolute Gasteiger partial charge is 0.255 e. The van der Waals surface area contributed by atoms with Crippen LogP contribution in [0.2, 0.25) is 0 Å². The Kier molecular flexibility index (Phi) is 6.29. The maximum Gasteiger partial charge on any atom is 0.255 e. The number of anilines is 2. The molecule has 2 amide bonds. The fourth-order valence-electron chi connectivity index (χ4n) is 2.95. The Bertz CT molecular complexity index is 1030. The molecule has 0 aliphatic carbocycles. The zero-order valence-corrected chi connectivity index (χ0v) is 16.8. The summed E-state index contributed by atoms with van der Waals surface area (Å²) in [5.41, 5.74) is 4.36. The largest absolute Gasteiger partial charge is 0.494 e. The molecular weight excluding hydrogens is 364 g/mol. The number of amides is 2. The van der Waals surface area contributed by atoms with Crippen LogP contribution in [0.1, 0.15) is 38.8 Å². The van der Waals surface area contributed by atoms with Crippen LogP contribution in [0.4, 0.5) is 11.4 Å². The van der Waals surface area contributed by atoms with E-state index in [2.05, 4.69) is 10.6 Å². The van der Waals surface area contributed by atoms with E-state index >= 15 is 0 Å². The van der Waals surface area contributed by atoms with Crippen molar-refractivity contribution in [2.24, 2.45) is 0 Å². The maximum atomic E-state index is 12.6. The molecule has 5 nitrogen and oxygen atoms in total. The second-order valence-corrected chi connectivity index (χ2v) is 6.76. The molecule has 3 aromatic carbocycles. The van der Waals surface area contributed by atoms with E-state index in [9.17, 15) is 9.59 Å². The molecule has 3 rings (SSSR count). The van der Waals surface area contributed by atoms with Crippen molar-refractivity contribution < 1.29 is 14.3 Å². The first-order chi connectivity index (χ1) is 14.0. The van der Waals surface area contributed by atoms with Gasteiger partial charge in [0.25, 0.3) is 11.8 Å². The third-order valence-electron chi connectivity index (χ3n) is 4.44. The van der Waals surface area contributed by atoms with Crippen molar-refractivity contribution in [3.05, 3.63) is 89.0 Å². The minimum atomic E-state index is -0.282. The Balaban J connectivity index is 1.70. The summed E-state index contributed by atoms with van der Waals surface area (Å²) in [4.78, 5) is 25.2. The van der Waals surface area contributed by atoms with Crippen molar-refractivity contribution in [2.75, 3.05) is 17.2 Å². The quantitative estimate of drug-likeness (QED) is 0.609. The fraction of sp³-hybridized carbons (Fsp3) is 0.167. The summed E-state index contributed by atoms with van der Waals surface area (Å²) in [5.74, 6) is 0.207. The lowest BCUT2D eigenvalue weighted by Crippen LogP contribution is -2.16. The van der Waals surface area contributed by atoms with Gasteiger partial charge in [-0.3, -0.25) is 9.59 Å². The van der Waals surface area contributed by atoms with Crippen LogP contribution in [-0.2, 0) is 0 Å².